The fourth-order valence-electron chi connectivity index (χ4n) is 0.936. The van der Waals surface area contributed by atoms with Gasteiger partial charge in [0, 0.05) is 0 Å². The number of rotatable bonds is 6. The summed E-state index contributed by atoms with van der Waals surface area (Å²) in [6.45, 7) is -0.489. The van der Waals surface area contributed by atoms with Crippen molar-refractivity contribution in [3.05, 3.63) is 9.77 Å². The fraction of sp³-hybridized carbons (Fsp3) is 0.571. The van der Waals surface area contributed by atoms with Gasteiger partial charge in [-0.25, -0.2) is 8.42 Å². The normalized spacial score (nSPS) is 11.6. The Morgan fingerprint density at radius 1 is 1.53 bits per heavy atom. The van der Waals surface area contributed by atoms with E-state index in [4.69, 9.17) is 0 Å². The minimum absolute atomic E-state index is 0.0774. The molecule has 15 heavy (non-hydrogen) atoms. The van der Waals surface area contributed by atoms with Crippen LogP contribution in [-0.2, 0) is 10.0 Å². The van der Waals surface area contributed by atoms with E-state index in [1.165, 1.54) is 6.20 Å². The van der Waals surface area contributed by atoms with E-state index in [0.29, 0.717) is 15.8 Å². The summed E-state index contributed by atoms with van der Waals surface area (Å²) in [5.74, 6) is 0.280. The molecule has 8 heteroatoms. The van der Waals surface area contributed by atoms with Gasteiger partial charge >= 0.3 is 0 Å². The van der Waals surface area contributed by atoms with Crippen LogP contribution in [0.3, 0.4) is 0 Å². The Kier molecular flexibility index (Phi) is 4.77. The van der Waals surface area contributed by atoms with Crippen LogP contribution in [0.2, 0.25) is 0 Å². The number of halogens is 2. The average Bonchev–Trinajstić information content (AvgIpc) is 2.51. The molecule has 1 heterocycles. The van der Waals surface area contributed by atoms with Crippen molar-refractivity contribution < 1.29 is 12.8 Å². The highest BCUT2D eigenvalue weighted by atomic mass is 127. The number of unbranched alkanes of at least 4 members (excludes halogenated alkanes) is 1. The second kappa shape index (κ2) is 5.64. The van der Waals surface area contributed by atoms with Crippen LogP contribution in [0.4, 0.5) is 10.2 Å². The number of aromatic amines is 1. The number of alkyl halides is 1. The molecule has 1 aromatic heterocycles. The minimum Gasteiger partial charge on any atom is -0.267 e. The van der Waals surface area contributed by atoms with Crippen molar-refractivity contribution in [3.63, 3.8) is 0 Å². The van der Waals surface area contributed by atoms with Crippen LogP contribution < -0.4 is 4.72 Å². The van der Waals surface area contributed by atoms with Gasteiger partial charge in [0.25, 0.3) is 0 Å². The van der Waals surface area contributed by atoms with E-state index in [1.54, 1.807) is 0 Å². The second-order valence-electron chi connectivity index (χ2n) is 2.91. The average molecular weight is 347 g/mol. The van der Waals surface area contributed by atoms with Gasteiger partial charge in [0.05, 0.1) is 22.2 Å². The van der Waals surface area contributed by atoms with Gasteiger partial charge in [-0.05, 0) is 35.4 Å². The zero-order valence-electron chi connectivity index (χ0n) is 7.83. The lowest BCUT2D eigenvalue weighted by atomic mass is 10.4. The number of hydrogen-bond acceptors (Lipinski definition) is 3. The van der Waals surface area contributed by atoms with Crippen molar-refractivity contribution >= 4 is 38.4 Å². The Bertz CT molecular complexity index is 406. The fourth-order valence-corrected chi connectivity index (χ4v) is 2.67. The molecule has 0 aliphatic carbocycles. The molecular weight excluding hydrogens is 336 g/mol. The van der Waals surface area contributed by atoms with E-state index in [2.05, 4.69) is 14.9 Å². The lowest BCUT2D eigenvalue weighted by Gasteiger charge is -2.05. The van der Waals surface area contributed by atoms with E-state index in [1.807, 2.05) is 22.6 Å². The minimum atomic E-state index is -3.39. The molecule has 0 atom stereocenters. The van der Waals surface area contributed by atoms with Crippen LogP contribution in [0.25, 0.3) is 0 Å². The van der Waals surface area contributed by atoms with Crippen LogP contribution in [0.5, 0.6) is 0 Å². The van der Waals surface area contributed by atoms with Gasteiger partial charge in [-0.1, -0.05) is 0 Å². The summed E-state index contributed by atoms with van der Waals surface area (Å²) in [5, 5.41) is 6.21. The monoisotopic (exact) mass is 347 g/mol. The largest absolute Gasteiger partial charge is 0.267 e. The molecule has 0 saturated carbocycles. The molecule has 0 spiro atoms. The molecule has 1 aromatic rings. The summed E-state index contributed by atoms with van der Waals surface area (Å²) in [4.78, 5) is 0. The van der Waals surface area contributed by atoms with Crippen molar-refractivity contribution in [1.82, 2.24) is 10.2 Å². The van der Waals surface area contributed by atoms with Crippen molar-refractivity contribution in [3.8, 4) is 0 Å². The zero-order valence-corrected chi connectivity index (χ0v) is 10.8. The van der Waals surface area contributed by atoms with Gasteiger partial charge in [0.1, 0.15) is 5.82 Å². The first-order valence-electron chi connectivity index (χ1n) is 4.30. The highest BCUT2D eigenvalue weighted by Crippen LogP contribution is 2.15. The molecule has 5 nitrogen and oxygen atoms in total. The molecule has 0 aliphatic rings. The maximum absolute atomic E-state index is 11.8. The summed E-state index contributed by atoms with van der Waals surface area (Å²) in [6, 6.07) is 0. The van der Waals surface area contributed by atoms with E-state index in [9.17, 15) is 12.8 Å². The number of aromatic nitrogens is 2. The zero-order chi connectivity index (χ0) is 11.3. The van der Waals surface area contributed by atoms with Crippen molar-refractivity contribution in [2.24, 2.45) is 0 Å². The lowest BCUT2D eigenvalue weighted by molar-refractivity contribution is 0.468. The summed E-state index contributed by atoms with van der Waals surface area (Å²) in [7, 11) is -3.39. The predicted octanol–water partition coefficient (Wildman–Crippen LogP) is 1.51. The number of nitrogens with zero attached hydrogens (tertiary/aromatic N) is 1. The highest BCUT2D eigenvalue weighted by molar-refractivity contribution is 14.1. The topological polar surface area (TPSA) is 74.8 Å². The van der Waals surface area contributed by atoms with Crippen LogP contribution in [0.15, 0.2) is 6.20 Å². The third-order valence-corrected chi connectivity index (χ3v) is 3.81. The SMILES string of the molecule is O=S(=O)(CCCCF)Nc1[nH]ncc1I. The van der Waals surface area contributed by atoms with E-state index in [0.717, 1.165) is 0 Å². The number of sulfonamides is 1. The van der Waals surface area contributed by atoms with Gasteiger partial charge in [-0.2, -0.15) is 5.10 Å². The van der Waals surface area contributed by atoms with Crippen molar-refractivity contribution in [2.45, 2.75) is 12.8 Å². The van der Waals surface area contributed by atoms with Crippen molar-refractivity contribution in [1.29, 1.82) is 0 Å². The first-order chi connectivity index (χ1) is 7.05. The second-order valence-corrected chi connectivity index (χ2v) is 5.91. The summed E-state index contributed by atoms with van der Waals surface area (Å²) < 4.78 is 37.7. The van der Waals surface area contributed by atoms with E-state index in [-0.39, 0.29) is 12.2 Å². The molecule has 0 fully saturated rings. The Balaban J connectivity index is 2.53. The molecule has 0 radical (unpaired) electrons. The molecule has 0 amide bonds. The lowest BCUT2D eigenvalue weighted by Crippen LogP contribution is -2.17. The summed E-state index contributed by atoms with van der Waals surface area (Å²) in [5.41, 5.74) is 0. The first-order valence-corrected chi connectivity index (χ1v) is 7.03. The van der Waals surface area contributed by atoms with Crippen LogP contribution in [0, 0.1) is 3.57 Å². The van der Waals surface area contributed by atoms with Gasteiger partial charge in [0.15, 0.2) is 0 Å². The summed E-state index contributed by atoms with van der Waals surface area (Å²) in [6.07, 6.45) is 2.09. The molecule has 0 aromatic carbocycles. The molecule has 0 aliphatic heterocycles. The number of hydrogen-bond donors (Lipinski definition) is 2. The summed E-state index contributed by atoms with van der Waals surface area (Å²) >= 11 is 1.96. The van der Waals surface area contributed by atoms with Gasteiger partial charge in [0.2, 0.25) is 10.0 Å². The van der Waals surface area contributed by atoms with Crippen LogP contribution in [-0.4, -0.2) is 31.0 Å². The quantitative estimate of drug-likeness (QED) is 0.605. The van der Waals surface area contributed by atoms with Gasteiger partial charge in [-0.3, -0.25) is 14.2 Å². The van der Waals surface area contributed by atoms with E-state index >= 15 is 0 Å². The maximum Gasteiger partial charge on any atom is 0.233 e. The maximum atomic E-state index is 11.8. The molecule has 0 unspecified atom stereocenters. The first kappa shape index (κ1) is 12.7. The Morgan fingerprint density at radius 2 is 2.27 bits per heavy atom. The van der Waals surface area contributed by atoms with E-state index < -0.39 is 16.7 Å². The van der Waals surface area contributed by atoms with Gasteiger partial charge in [-0.15, -0.1) is 0 Å². The Labute approximate surface area is 101 Å². The number of anilines is 1. The van der Waals surface area contributed by atoms with Crippen molar-refractivity contribution in [2.75, 3.05) is 17.1 Å². The van der Waals surface area contributed by atoms with Gasteiger partial charge < -0.3 is 0 Å². The predicted molar refractivity (Wildman–Crippen MR) is 63.9 cm³/mol. The third-order valence-electron chi connectivity index (χ3n) is 1.65. The number of H-pyrrole nitrogens is 1. The smallest absolute Gasteiger partial charge is 0.233 e. The number of nitrogens with one attached hydrogen (secondary N) is 2. The Hall–Kier alpha value is -0.380. The van der Waals surface area contributed by atoms with Crippen LogP contribution in [0.1, 0.15) is 12.8 Å². The standard InChI is InChI=1S/C7H11FIN3O2S/c8-3-1-2-4-15(13,14)12-7-6(9)5-10-11-7/h5H,1-4H2,(H2,10,11,12). The highest BCUT2D eigenvalue weighted by Gasteiger charge is 2.12. The molecule has 1 rings (SSSR count). The molecule has 86 valence electrons. The third kappa shape index (κ3) is 4.33. The van der Waals surface area contributed by atoms with Crippen LogP contribution >= 0.6 is 22.6 Å². The molecular formula is C7H11FIN3O2S. The molecule has 0 bridgehead atoms. The molecule has 2 N–H and O–H groups in total. The Morgan fingerprint density at radius 3 is 2.80 bits per heavy atom. The molecule has 0 saturated heterocycles.